The molecule has 0 radical (unpaired) electrons. The van der Waals surface area contributed by atoms with E-state index in [2.05, 4.69) is 0 Å². The summed E-state index contributed by atoms with van der Waals surface area (Å²) in [4.78, 5) is 11.0. The first kappa shape index (κ1) is 23.7. The lowest BCUT2D eigenvalue weighted by molar-refractivity contribution is -0.137. The Morgan fingerprint density at radius 3 is 2.28 bits per heavy atom. The van der Waals surface area contributed by atoms with E-state index in [0.717, 1.165) is 22.2 Å². The van der Waals surface area contributed by atoms with Gasteiger partial charge in [0.2, 0.25) is 0 Å². The fourth-order valence-corrected chi connectivity index (χ4v) is 5.65. The zero-order valence-electron chi connectivity index (χ0n) is 18.4. The van der Waals surface area contributed by atoms with E-state index in [1.165, 1.54) is 48.5 Å². The molecule has 0 fully saturated rings. The number of carboxylic acids is 1. The van der Waals surface area contributed by atoms with Gasteiger partial charge in [0.25, 0.3) is 10.0 Å². The molecule has 3 aromatic carbocycles. The third-order valence-corrected chi connectivity index (χ3v) is 7.56. The first-order valence-electron chi connectivity index (χ1n) is 10.7. The topological polar surface area (TPSA) is 94.8 Å². The maximum absolute atomic E-state index is 13.8. The van der Waals surface area contributed by atoms with Gasteiger partial charge in [-0.15, -0.1) is 0 Å². The molecule has 0 amide bonds. The Morgan fingerprint density at radius 2 is 1.61 bits per heavy atom. The number of fused-ring (bicyclic) bond motifs is 2. The van der Waals surface area contributed by atoms with Crippen molar-refractivity contribution in [2.24, 2.45) is 0 Å². The van der Waals surface area contributed by atoms with Crippen molar-refractivity contribution < 1.29 is 41.0 Å². The van der Waals surface area contributed by atoms with E-state index in [9.17, 15) is 26.4 Å². The number of halogens is 3. The normalized spacial score (nSPS) is 13.6. The number of alkyl halides is 3. The molecule has 1 N–H and O–H groups in total. The second-order valence-corrected chi connectivity index (χ2v) is 9.95. The SMILES string of the molecule is O=C(O)c1ccc(Cc2cc3cc(C(F)(F)F)ccc3n2S(=O)(=O)c2ccc3c(c2)OCCO3)cc1. The molecule has 0 bridgehead atoms. The van der Waals surface area contributed by atoms with Crippen LogP contribution in [0.5, 0.6) is 11.5 Å². The Bertz CT molecular complexity index is 1590. The van der Waals surface area contributed by atoms with Crippen molar-refractivity contribution in [3.05, 3.63) is 89.1 Å². The van der Waals surface area contributed by atoms with Crippen LogP contribution in [-0.2, 0) is 22.6 Å². The van der Waals surface area contributed by atoms with Crippen LogP contribution in [0.2, 0.25) is 0 Å². The van der Waals surface area contributed by atoms with Crippen LogP contribution in [0.25, 0.3) is 10.9 Å². The van der Waals surface area contributed by atoms with Gasteiger partial charge in [0.05, 0.1) is 21.5 Å². The van der Waals surface area contributed by atoms with Crippen molar-refractivity contribution in [3.63, 3.8) is 0 Å². The van der Waals surface area contributed by atoms with Gasteiger partial charge < -0.3 is 14.6 Å². The van der Waals surface area contributed by atoms with Crippen molar-refractivity contribution in [3.8, 4) is 11.5 Å². The van der Waals surface area contributed by atoms with E-state index in [-0.39, 0.29) is 45.8 Å². The van der Waals surface area contributed by atoms with Crippen LogP contribution in [0.4, 0.5) is 13.2 Å². The summed E-state index contributed by atoms with van der Waals surface area (Å²) in [6, 6.07) is 14.2. The molecule has 11 heteroatoms. The summed E-state index contributed by atoms with van der Waals surface area (Å²) in [5, 5.41) is 9.22. The van der Waals surface area contributed by atoms with E-state index in [1.54, 1.807) is 0 Å². The lowest BCUT2D eigenvalue weighted by atomic mass is 10.1. The molecular weight excluding hydrogens is 499 g/mol. The average molecular weight is 517 g/mol. The van der Waals surface area contributed by atoms with E-state index >= 15 is 0 Å². The van der Waals surface area contributed by atoms with Crippen molar-refractivity contribution >= 4 is 26.9 Å². The summed E-state index contributed by atoms with van der Waals surface area (Å²) in [5.41, 5.74) is 0.0223. The molecular formula is C25H18F3NO6S. The van der Waals surface area contributed by atoms with Crippen LogP contribution in [0.1, 0.15) is 27.2 Å². The number of hydrogen-bond acceptors (Lipinski definition) is 5. The van der Waals surface area contributed by atoms with Crippen LogP contribution in [-0.4, -0.2) is 36.7 Å². The minimum absolute atomic E-state index is 0.0275. The smallest absolute Gasteiger partial charge is 0.416 e. The Labute approximate surface area is 203 Å². The molecule has 0 aliphatic carbocycles. The van der Waals surface area contributed by atoms with Crippen molar-refractivity contribution in [2.75, 3.05) is 13.2 Å². The summed E-state index contributed by atoms with van der Waals surface area (Å²) >= 11 is 0. The fourth-order valence-electron chi connectivity index (χ4n) is 4.09. The van der Waals surface area contributed by atoms with Crippen LogP contribution in [0.15, 0.2) is 71.6 Å². The number of carbonyl (C=O) groups is 1. The number of benzene rings is 3. The Hall–Kier alpha value is -3.99. The molecule has 7 nitrogen and oxygen atoms in total. The average Bonchev–Trinajstić information content (AvgIpc) is 3.21. The van der Waals surface area contributed by atoms with Crippen LogP contribution < -0.4 is 9.47 Å². The maximum Gasteiger partial charge on any atom is 0.416 e. The highest BCUT2D eigenvalue weighted by Crippen LogP contribution is 2.36. The summed E-state index contributed by atoms with van der Waals surface area (Å²) in [6.07, 6.45) is -4.57. The lowest BCUT2D eigenvalue weighted by Crippen LogP contribution is -2.18. The molecule has 2 heterocycles. The first-order valence-corrected chi connectivity index (χ1v) is 12.2. The molecule has 1 aliphatic rings. The largest absolute Gasteiger partial charge is 0.486 e. The van der Waals surface area contributed by atoms with Gasteiger partial charge in [-0.2, -0.15) is 13.2 Å². The number of ether oxygens (including phenoxy) is 2. The summed E-state index contributed by atoms with van der Waals surface area (Å²) in [7, 11) is -4.27. The minimum Gasteiger partial charge on any atom is -0.486 e. The third-order valence-electron chi connectivity index (χ3n) is 5.79. The molecule has 0 saturated carbocycles. The van der Waals surface area contributed by atoms with Crippen molar-refractivity contribution in [2.45, 2.75) is 17.5 Å². The second-order valence-electron chi connectivity index (χ2n) is 8.16. The molecule has 36 heavy (non-hydrogen) atoms. The molecule has 5 rings (SSSR count). The van der Waals surface area contributed by atoms with Crippen molar-refractivity contribution in [1.82, 2.24) is 3.97 Å². The number of rotatable bonds is 5. The van der Waals surface area contributed by atoms with Gasteiger partial charge in [-0.1, -0.05) is 12.1 Å². The zero-order chi connectivity index (χ0) is 25.7. The second kappa shape index (κ2) is 8.59. The molecule has 0 atom stereocenters. The summed E-state index contributed by atoms with van der Waals surface area (Å²) in [6.45, 7) is 0.578. The molecule has 1 aromatic heterocycles. The minimum atomic E-state index is -4.60. The Balaban J connectivity index is 1.66. The van der Waals surface area contributed by atoms with E-state index in [4.69, 9.17) is 14.6 Å². The highest BCUT2D eigenvalue weighted by atomic mass is 32.2. The van der Waals surface area contributed by atoms with Gasteiger partial charge in [-0.25, -0.2) is 17.2 Å². The molecule has 186 valence electrons. The van der Waals surface area contributed by atoms with E-state index in [1.807, 2.05) is 0 Å². The first-order chi connectivity index (χ1) is 17.0. The highest BCUT2D eigenvalue weighted by Gasteiger charge is 2.32. The van der Waals surface area contributed by atoms with E-state index < -0.39 is 27.7 Å². The summed E-state index contributed by atoms with van der Waals surface area (Å²) < 4.78 is 79.6. The quantitative estimate of drug-likeness (QED) is 0.402. The fraction of sp³-hybridized carbons (Fsp3) is 0.160. The molecule has 0 spiro atoms. The number of hydrogen-bond donors (Lipinski definition) is 1. The molecule has 4 aromatic rings. The van der Waals surface area contributed by atoms with Gasteiger partial charge in [-0.05, 0) is 54.1 Å². The van der Waals surface area contributed by atoms with Crippen LogP contribution in [0, 0.1) is 0 Å². The zero-order valence-corrected chi connectivity index (χ0v) is 19.3. The molecule has 0 saturated heterocycles. The highest BCUT2D eigenvalue weighted by molar-refractivity contribution is 7.90. The lowest BCUT2D eigenvalue weighted by Gasteiger charge is -2.19. The van der Waals surface area contributed by atoms with Gasteiger partial charge in [-0.3, -0.25) is 0 Å². The molecule has 0 unspecified atom stereocenters. The summed E-state index contributed by atoms with van der Waals surface area (Å²) in [5.74, 6) is -0.466. The van der Waals surface area contributed by atoms with Crippen molar-refractivity contribution in [1.29, 1.82) is 0 Å². The predicted molar refractivity (Wildman–Crippen MR) is 123 cm³/mol. The number of nitrogens with zero attached hydrogens (tertiary/aromatic N) is 1. The molecule has 1 aliphatic heterocycles. The third kappa shape index (κ3) is 4.26. The monoisotopic (exact) mass is 517 g/mol. The van der Waals surface area contributed by atoms with Gasteiger partial charge in [0.1, 0.15) is 13.2 Å². The predicted octanol–water partition coefficient (Wildman–Crippen LogP) is 4.96. The van der Waals surface area contributed by atoms with E-state index in [0.29, 0.717) is 17.9 Å². The number of aromatic nitrogens is 1. The Morgan fingerprint density at radius 1 is 0.917 bits per heavy atom. The van der Waals surface area contributed by atoms with Crippen LogP contribution in [0.3, 0.4) is 0 Å². The Kier molecular flexibility index (Phi) is 5.67. The van der Waals surface area contributed by atoms with Gasteiger partial charge >= 0.3 is 12.1 Å². The van der Waals surface area contributed by atoms with Gasteiger partial charge in [0.15, 0.2) is 11.5 Å². The number of carboxylic acid groups (broad SMARTS) is 1. The number of aromatic carboxylic acids is 1. The van der Waals surface area contributed by atoms with Gasteiger partial charge in [0, 0.05) is 23.6 Å². The standard InChI is InChI=1S/C25H18F3NO6S/c26-25(27,28)18-5-7-21-17(12-18)13-19(11-15-1-3-16(4-2-15)24(30)31)29(21)36(32,33)20-6-8-22-23(14-20)35-10-9-34-22/h1-8,12-14H,9-11H2,(H,30,31). The van der Waals surface area contributed by atoms with Crippen LogP contribution >= 0.6 is 0 Å². The maximum atomic E-state index is 13.8.